The number of ether oxygens (including phenoxy) is 1. The molecule has 1 aromatic carbocycles. The molecule has 20 heavy (non-hydrogen) atoms. The molecular weight excluding hydrogens is 258 g/mol. The van der Waals surface area contributed by atoms with E-state index in [1.54, 1.807) is 0 Å². The smallest absolute Gasteiger partial charge is 0.330 e. The summed E-state index contributed by atoms with van der Waals surface area (Å²) in [5.41, 5.74) is 0.369. The van der Waals surface area contributed by atoms with Gasteiger partial charge in [-0.15, -0.1) is 0 Å². The Labute approximate surface area is 117 Å². The highest BCUT2D eigenvalue weighted by Gasteiger charge is 2.46. The number of aliphatic hydroxyl groups excluding tert-OH is 1. The normalized spacial score (nSPS) is 17.7. The van der Waals surface area contributed by atoms with Gasteiger partial charge in [-0.2, -0.15) is 0 Å². The molecule has 2 N–H and O–H groups in total. The van der Waals surface area contributed by atoms with Gasteiger partial charge < -0.3 is 15.2 Å². The van der Waals surface area contributed by atoms with Crippen LogP contribution in [0.2, 0.25) is 0 Å². The lowest BCUT2D eigenvalue weighted by atomic mass is 9.63. The number of carbonyl (C=O) groups is 2. The number of methoxy groups -OCH3 is 1. The summed E-state index contributed by atoms with van der Waals surface area (Å²) in [6, 6.07) is 8.53. The lowest BCUT2D eigenvalue weighted by molar-refractivity contribution is -0.147. The zero-order valence-electron chi connectivity index (χ0n) is 11.5. The Morgan fingerprint density at radius 1 is 1.35 bits per heavy atom. The lowest BCUT2D eigenvalue weighted by Gasteiger charge is -2.41. The first-order chi connectivity index (χ1) is 9.64. The van der Waals surface area contributed by atoms with Gasteiger partial charge in [0.05, 0.1) is 19.1 Å². The summed E-state index contributed by atoms with van der Waals surface area (Å²) in [6.07, 6.45) is 2.48. The summed E-state index contributed by atoms with van der Waals surface area (Å²) in [5, 5.41) is 11.8. The van der Waals surface area contributed by atoms with Crippen LogP contribution in [0, 0.1) is 0 Å². The number of carbonyl (C=O) groups excluding carboxylic acids is 2. The molecule has 5 heteroatoms. The molecule has 108 valence electrons. The molecule has 1 aliphatic carbocycles. The quantitative estimate of drug-likeness (QED) is 0.779. The lowest BCUT2D eigenvalue weighted by Crippen LogP contribution is -2.55. The van der Waals surface area contributed by atoms with Crippen LogP contribution in [0.4, 0.5) is 0 Å². The zero-order chi connectivity index (χ0) is 14.6. The Morgan fingerprint density at radius 2 is 2.00 bits per heavy atom. The van der Waals surface area contributed by atoms with Gasteiger partial charge in [0.1, 0.15) is 0 Å². The Balaban J connectivity index is 2.16. The van der Waals surface area contributed by atoms with E-state index >= 15 is 0 Å². The van der Waals surface area contributed by atoms with Crippen molar-refractivity contribution in [3.8, 4) is 0 Å². The van der Waals surface area contributed by atoms with Crippen molar-refractivity contribution in [3.05, 3.63) is 35.9 Å². The summed E-state index contributed by atoms with van der Waals surface area (Å²) in [5.74, 6) is -0.859. The van der Waals surface area contributed by atoms with E-state index in [0.717, 1.165) is 24.8 Å². The Morgan fingerprint density at radius 3 is 2.45 bits per heavy atom. The van der Waals surface area contributed by atoms with Crippen LogP contribution in [0.15, 0.2) is 30.3 Å². The van der Waals surface area contributed by atoms with Crippen LogP contribution in [-0.4, -0.2) is 36.7 Å². The van der Waals surface area contributed by atoms with Gasteiger partial charge in [0.2, 0.25) is 5.91 Å². The third-order valence-corrected chi connectivity index (χ3v) is 3.94. The van der Waals surface area contributed by atoms with Crippen LogP contribution in [-0.2, 0) is 19.7 Å². The van der Waals surface area contributed by atoms with Crippen molar-refractivity contribution in [1.29, 1.82) is 0 Å². The molecule has 0 aromatic heterocycles. The highest BCUT2D eigenvalue weighted by Crippen LogP contribution is 2.43. The fraction of sp³-hybridized carbons (Fsp3) is 0.467. The average molecular weight is 277 g/mol. The van der Waals surface area contributed by atoms with Gasteiger partial charge >= 0.3 is 5.97 Å². The molecule has 1 saturated carbocycles. The second-order valence-electron chi connectivity index (χ2n) is 5.03. The van der Waals surface area contributed by atoms with Gasteiger partial charge in [-0.3, -0.25) is 4.79 Å². The van der Waals surface area contributed by atoms with Gasteiger partial charge in [0, 0.05) is 0 Å². The molecule has 5 nitrogen and oxygen atoms in total. The van der Waals surface area contributed by atoms with E-state index in [1.165, 1.54) is 7.11 Å². The van der Waals surface area contributed by atoms with Gasteiger partial charge in [-0.25, -0.2) is 4.79 Å². The third kappa shape index (κ3) is 2.54. The first kappa shape index (κ1) is 14.5. The summed E-state index contributed by atoms with van der Waals surface area (Å²) < 4.78 is 4.56. The largest absolute Gasteiger partial charge is 0.467 e. The molecular formula is C15H19NO4. The highest BCUT2D eigenvalue weighted by atomic mass is 16.5. The predicted molar refractivity (Wildman–Crippen MR) is 73.0 cm³/mol. The molecule has 0 aliphatic heterocycles. The molecule has 0 saturated heterocycles. The van der Waals surface area contributed by atoms with Crippen LogP contribution >= 0.6 is 0 Å². The molecule has 1 amide bonds. The van der Waals surface area contributed by atoms with Crippen molar-refractivity contribution in [2.24, 2.45) is 0 Å². The maximum Gasteiger partial charge on any atom is 0.330 e. The predicted octanol–water partition coefficient (Wildman–Crippen LogP) is 0.758. The minimum atomic E-state index is -1.01. The molecule has 0 bridgehead atoms. The first-order valence-electron chi connectivity index (χ1n) is 6.69. The standard InChI is InChI=1S/C15H19NO4/c1-20-13(18)12(10-17)16-14(19)15(8-5-9-15)11-6-3-2-4-7-11/h2-4,6-7,12,17H,5,8-10H2,1H3,(H,16,19). The molecule has 1 unspecified atom stereocenters. The third-order valence-electron chi connectivity index (χ3n) is 3.94. The molecule has 0 radical (unpaired) electrons. The number of amides is 1. The summed E-state index contributed by atoms with van der Waals surface area (Å²) in [6.45, 7) is -0.469. The van der Waals surface area contributed by atoms with E-state index in [-0.39, 0.29) is 5.91 Å². The molecule has 1 aromatic rings. The second-order valence-corrected chi connectivity index (χ2v) is 5.03. The van der Waals surface area contributed by atoms with Gasteiger partial charge in [-0.1, -0.05) is 36.8 Å². The average Bonchev–Trinajstić information content (AvgIpc) is 2.44. The fourth-order valence-electron chi connectivity index (χ4n) is 2.55. The van der Waals surface area contributed by atoms with Gasteiger partial charge in [0.25, 0.3) is 0 Å². The molecule has 0 heterocycles. The summed E-state index contributed by atoms with van der Waals surface area (Å²) in [7, 11) is 1.23. The topological polar surface area (TPSA) is 75.6 Å². The Hall–Kier alpha value is -1.88. The van der Waals surface area contributed by atoms with Crippen LogP contribution in [0.1, 0.15) is 24.8 Å². The summed E-state index contributed by atoms with van der Waals surface area (Å²) >= 11 is 0. The number of nitrogens with one attached hydrogen (secondary N) is 1. The van der Waals surface area contributed by atoms with E-state index < -0.39 is 24.0 Å². The van der Waals surface area contributed by atoms with Crippen molar-refractivity contribution in [2.75, 3.05) is 13.7 Å². The molecule has 1 atom stereocenters. The van der Waals surface area contributed by atoms with E-state index in [4.69, 9.17) is 0 Å². The van der Waals surface area contributed by atoms with Gasteiger partial charge in [-0.05, 0) is 18.4 Å². The van der Waals surface area contributed by atoms with Crippen molar-refractivity contribution in [2.45, 2.75) is 30.7 Å². The number of benzene rings is 1. The SMILES string of the molecule is COC(=O)C(CO)NC(=O)C1(c2ccccc2)CCC1. The van der Waals surface area contributed by atoms with Crippen LogP contribution in [0.25, 0.3) is 0 Å². The minimum Gasteiger partial charge on any atom is -0.467 e. The first-order valence-corrected chi connectivity index (χ1v) is 6.69. The minimum absolute atomic E-state index is 0.223. The fourth-order valence-corrected chi connectivity index (χ4v) is 2.55. The van der Waals surface area contributed by atoms with Crippen molar-refractivity contribution >= 4 is 11.9 Å². The number of rotatable bonds is 5. The number of aliphatic hydroxyl groups is 1. The van der Waals surface area contributed by atoms with E-state index in [0.29, 0.717) is 0 Å². The van der Waals surface area contributed by atoms with Gasteiger partial charge in [0.15, 0.2) is 6.04 Å². The second kappa shape index (κ2) is 6.05. The van der Waals surface area contributed by atoms with Crippen LogP contribution < -0.4 is 5.32 Å². The highest BCUT2D eigenvalue weighted by molar-refractivity contribution is 5.92. The monoisotopic (exact) mass is 277 g/mol. The van der Waals surface area contributed by atoms with E-state index in [2.05, 4.69) is 10.1 Å². The molecule has 1 fully saturated rings. The van der Waals surface area contributed by atoms with E-state index in [9.17, 15) is 14.7 Å². The Kier molecular flexibility index (Phi) is 4.39. The van der Waals surface area contributed by atoms with Crippen LogP contribution in [0.5, 0.6) is 0 Å². The number of hydrogen-bond donors (Lipinski definition) is 2. The molecule has 0 spiro atoms. The molecule has 2 rings (SSSR count). The zero-order valence-corrected chi connectivity index (χ0v) is 11.5. The van der Waals surface area contributed by atoms with E-state index in [1.807, 2.05) is 30.3 Å². The van der Waals surface area contributed by atoms with Crippen molar-refractivity contribution in [3.63, 3.8) is 0 Å². The number of esters is 1. The summed E-state index contributed by atoms with van der Waals surface area (Å²) in [4.78, 5) is 24.0. The number of hydrogen-bond acceptors (Lipinski definition) is 4. The Bertz CT molecular complexity index is 482. The van der Waals surface area contributed by atoms with Crippen molar-refractivity contribution in [1.82, 2.24) is 5.32 Å². The maximum absolute atomic E-state index is 12.5. The van der Waals surface area contributed by atoms with Crippen molar-refractivity contribution < 1.29 is 19.4 Å². The van der Waals surface area contributed by atoms with Crippen LogP contribution in [0.3, 0.4) is 0 Å². The maximum atomic E-state index is 12.5. The molecule has 1 aliphatic rings.